The SMILES string of the molecule is CN(CC(O)CO)c1ccc[nH]1. The summed E-state index contributed by atoms with van der Waals surface area (Å²) < 4.78 is 0. The summed E-state index contributed by atoms with van der Waals surface area (Å²) in [6.07, 6.45) is 1.13. The van der Waals surface area contributed by atoms with Gasteiger partial charge in [0.15, 0.2) is 0 Å². The van der Waals surface area contributed by atoms with E-state index in [1.54, 1.807) is 0 Å². The minimum Gasteiger partial charge on any atom is -0.394 e. The van der Waals surface area contributed by atoms with Crippen LogP contribution < -0.4 is 4.90 Å². The number of likely N-dealkylation sites (N-methyl/N-ethyl adjacent to an activating group) is 1. The molecule has 1 rings (SSSR count). The van der Waals surface area contributed by atoms with Crippen LogP contribution in [0.1, 0.15) is 0 Å². The normalized spacial score (nSPS) is 12.9. The first-order chi connectivity index (χ1) is 5.74. The third-order valence-electron chi connectivity index (χ3n) is 1.69. The molecule has 0 saturated heterocycles. The van der Waals surface area contributed by atoms with Gasteiger partial charge in [-0.3, -0.25) is 0 Å². The first kappa shape index (κ1) is 9.09. The molecule has 0 bridgehead atoms. The molecule has 68 valence electrons. The monoisotopic (exact) mass is 170 g/mol. The molecule has 1 atom stereocenters. The predicted molar refractivity (Wildman–Crippen MR) is 47.2 cm³/mol. The van der Waals surface area contributed by atoms with Gasteiger partial charge in [-0.2, -0.15) is 0 Å². The summed E-state index contributed by atoms with van der Waals surface area (Å²) in [4.78, 5) is 4.85. The number of hydrogen-bond acceptors (Lipinski definition) is 3. The molecule has 0 aliphatic carbocycles. The summed E-state index contributed by atoms with van der Waals surface area (Å²) in [5.74, 6) is 0.933. The first-order valence-corrected chi connectivity index (χ1v) is 3.87. The zero-order chi connectivity index (χ0) is 8.97. The van der Waals surface area contributed by atoms with Gasteiger partial charge >= 0.3 is 0 Å². The number of rotatable bonds is 4. The van der Waals surface area contributed by atoms with Crippen LogP contribution in [-0.2, 0) is 0 Å². The van der Waals surface area contributed by atoms with Crippen LogP contribution in [0.25, 0.3) is 0 Å². The van der Waals surface area contributed by atoms with Crippen molar-refractivity contribution in [1.82, 2.24) is 4.98 Å². The van der Waals surface area contributed by atoms with Gasteiger partial charge in [0.25, 0.3) is 0 Å². The summed E-state index contributed by atoms with van der Waals surface area (Å²) in [7, 11) is 1.85. The van der Waals surface area contributed by atoms with Crippen molar-refractivity contribution < 1.29 is 10.2 Å². The van der Waals surface area contributed by atoms with E-state index < -0.39 is 6.10 Å². The van der Waals surface area contributed by atoms with Crippen LogP contribution in [-0.4, -0.2) is 41.5 Å². The number of nitrogens with one attached hydrogen (secondary N) is 1. The number of aromatic amines is 1. The average molecular weight is 170 g/mol. The van der Waals surface area contributed by atoms with Crippen LogP contribution in [0.15, 0.2) is 18.3 Å². The van der Waals surface area contributed by atoms with Crippen molar-refractivity contribution in [3.63, 3.8) is 0 Å². The van der Waals surface area contributed by atoms with Crippen molar-refractivity contribution in [2.75, 3.05) is 25.1 Å². The summed E-state index contributed by atoms with van der Waals surface area (Å²) >= 11 is 0. The third kappa shape index (κ3) is 2.25. The second kappa shape index (κ2) is 4.13. The van der Waals surface area contributed by atoms with E-state index in [1.807, 2.05) is 30.3 Å². The van der Waals surface area contributed by atoms with Gasteiger partial charge in [0.2, 0.25) is 0 Å². The number of anilines is 1. The molecule has 3 N–H and O–H groups in total. The molecular weight excluding hydrogens is 156 g/mol. The van der Waals surface area contributed by atoms with E-state index in [-0.39, 0.29) is 6.61 Å². The van der Waals surface area contributed by atoms with Crippen LogP contribution in [0.5, 0.6) is 0 Å². The molecule has 1 heterocycles. The molecular formula is C8H14N2O2. The van der Waals surface area contributed by atoms with E-state index in [9.17, 15) is 0 Å². The van der Waals surface area contributed by atoms with Crippen LogP contribution >= 0.6 is 0 Å². The molecule has 1 aromatic rings. The van der Waals surface area contributed by atoms with Crippen molar-refractivity contribution in [2.45, 2.75) is 6.10 Å². The summed E-state index contributed by atoms with van der Waals surface area (Å²) in [6, 6.07) is 3.79. The molecule has 0 radical (unpaired) electrons. The molecule has 0 spiro atoms. The molecule has 1 unspecified atom stereocenters. The van der Waals surface area contributed by atoms with Crippen LogP contribution in [0.2, 0.25) is 0 Å². The lowest BCUT2D eigenvalue weighted by Crippen LogP contribution is -2.31. The molecule has 0 aromatic carbocycles. The quantitative estimate of drug-likeness (QED) is 0.586. The highest BCUT2D eigenvalue weighted by Gasteiger charge is 2.07. The Balaban J connectivity index is 2.44. The number of aromatic nitrogens is 1. The summed E-state index contributed by atoms with van der Waals surface area (Å²) in [6.45, 7) is 0.224. The zero-order valence-corrected chi connectivity index (χ0v) is 7.07. The van der Waals surface area contributed by atoms with Gasteiger partial charge < -0.3 is 20.1 Å². The Morgan fingerprint density at radius 2 is 2.42 bits per heavy atom. The Hall–Kier alpha value is -1.00. The van der Waals surface area contributed by atoms with Crippen LogP contribution in [0, 0.1) is 0 Å². The van der Waals surface area contributed by atoms with Crippen molar-refractivity contribution in [3.05, 3.63) is 18.3 Å². The minimum absolute atomic E-state index is 0.203. The number of aliphatic hydroxyl groups excluding tert-OH is 2. The second-order valence-electron chi connectivity index (χ2n) is 2.77. The Morgan fingerprint density at radius 1 is 1.67 bits per heavy atom. The van der Waals surface area contributed by atoms with Gasteiger partial charge in [0.1, 0.15) is 5.82 Å². The Kier molecular flexibility index (Phi) is 3.13. The lowest BCUT2D eigenvalue weighted by molar-refractivity contribution is 0.101. The Morgan fingerprint density at radius 3 is 2.92 bits per heavy atom. The third-order valence-corrected chi connectivity index (χ3v) is 1.69. The Bertz CT molecular complexity index is 211. The standard InChI is InChI=1S/C8H14N2O2/c1-10(5-7(12)6-11)8-3-2-4-9-8/h2-4,7,9,11-12H,5-6H2,1H3. The molecule has 0 amide bonds. The van der Waals surface area contributed by atoms with E-state index in [2.05, 4.69) is 4.98 Å². The fourth-order valence-corrected chi connectivity index (χ4v) is 1.03. The number of hydrogen-bond donors (Lipinski definition) is 3. The lowest BCUT2D eigenvalue weighted by Gasteiger charge is -2.19. The molecule has 4 nitrogen and oxygen atoms in total. The van der Waals surface area contributed by atoms with E-state index in [0.717, 1.165) is 5.82 Å². The van der Waals surface area contributed by atoms with Gasteiger partial charge in [0, 0.05) is 19.8 Å². The van der Waals surface area contributed by atoms with E-state index >= 15 is 0 Å². The largest absolute Gasteiger partial charge is 0.394 e. The molecule has 0 aliphatic heterocycles. The van der Waals surface area contributed by atoms with Gasteiger partial charge in [-0.05, 0) is 12.1 Å². The summed E-state index contributed by atoms with van der Waals surface area (Å²) in [5, 5.41) is 17.7. The molecule has 12 heavy (non-hydrogen) atoms. The number of aliphatic hydroxyl groups is 2. The van der Waals surface area contributed by atoms with Crippen molar-refractivity contribution >= 4 is 5.82 Å². The maximum absolute atomic E-state index is 9.12. The lowest BCUT2D eigenvalue weighted by atomic mass is 10.3. The molecule has 4 heteroatoms. The highest BCUT2D eigenvalue weighted by atomic mass is 16.3. The first-order valence-electron chi connectivity index (χ1n) is 3.87. The maximum Gasteiger partial charge on any atom is 0.105 e. The zero-order valence-electron chi connectivity index (χ0n) is 7.07. The van der Waals surface area contributed by atoms with Gasteiger partial charge in [-0.15, -0.1) is 0 Å². The number of H-pyrrole nitrogens is 1. The van der Waals surface area contributed by atoms with Gasteiger partial charge in [-0.25, -0.2) is 0 Å². The van der Waals surface area contributed by atoms with Crippen molar-refractivity contribution in [2.24, 2.45) is 0 Å². The highest BCUT2D eigenvalue weighted by Crippen LogP contribution is 2.07. The highest BCUT2D eigenvalue weighted by molar-refractivity contribution is 5.37. The smallest absolute Gasteiger partial charge is 0.105 e. The minimum atomic E-state index is -0.682. The molecule has 0 saturated carbocycles. The van der Waals surface area contributed by atoms with Crippen molar-refractivity contribution in [3.8, 4) is 0 Å². The second-order valence-corrected chi connectivity index (χ2v) is 2.77. The fraction of sp³-hybridized carbons (Fsp3) is 0.500. The molecule has 0 fully saturated rings. The van der Waals surface area contributed by atoms with Crippen molar-refractivity contribution in [1.29, 1.82) is 0 Å². The predicted octanol–water partition coefficient (Wildman–Crippen LogP) is -0.196. The van der Waals surface area contributed by atoms with E-state index in [0.29, 0.717) is 6.54 Å². The number of nitrogens with zero attached hydrogens (tertiary/aromatic N) is 1. The van der Waals surface area contributed by atoms with E-state index in [1.165, 1.54) is 0 Å². The van der Waals surface area contributed by atoms with Gasteiger partial charge in [-0.1, -0.05) is 0 Å². The summed E-state index contributed by atoms with van der Waals surface area (Å²) in [5.41, 5.74) is 0. The van der Waals surface area contributed by atoms with Crippen LogP contribution in [0.3, 0.4) is 0 Å². The molecule has 1 aromatic heterocycles. The van der Waals surface area contributed by atoms with Gasteiger partial charge in [0.05, 0.1) is 12.7 Å². The topological polar surface area (TPSA) is 59.5 Å². The Labute approximate surface area is 71.4 Å². The molecule has 0 aliphatic rings. The fourth-order valence-electron chi connectivity index (χ4n) is 1.03. The van der Waals surface area contributed by atoms with E-state index in [4.69, 9.17) is 10.2 Å². The average Bonchev–Trinajstić information content (AvgIpc) is 2.56. The maximum atomic E-state index is 9.12. The van der Waals surface area contributed by atoms with Crippen LogP contribution in [0.4, 0.5) is 5.82 Å².